The van der Waals surface area contributed by atoms with Crippen LogP contribution in [0.4, 0.5) is 0 Å². The summed E-state index contributed by atoms with van der Waals surface area (Å²) >= 11 is 0. The molecule has 0 saturated carbocycles. The molecule has 1 saturated heterocycles. The summed E-state index contributed by atoms with van der Waals surface area (Å²) in [6.07, 6.45) is 2.52. The summed E-state index contributed by atoms with van der Waals surface area (Å²) in [7, 11) is 0. The van der Waals surface area contributed by atoms with E-state index in [1.165, 1.54) is 0 Å². The second-order valence-corrected chi connectivity index (χ2v) is 3.23. The Balaban J connectivity index is 2.21. The van der Waals surface area contributed by atoms with Crippen LogP contribution in [0.3, 0.4) is 0 Å². The lowest BCUT2D eigenvalue weighted by molar-refractivity contribution is -0.121. The fraction of sp³-hybridized carbons (Fsp3) is 0.875. The first-order valence-corrected chi connectivity index (χ1v) is 4.51. The third-order valence-electron chi connectivity index (χ3n) is 2.22. The normalized spacial score (nSPS) is 20.8. The third kappa shape index (κ3) is 2.79. The van der Waals surface area contributed by atoms with E-state index >= 15 is 0 Å². The highest BCUT2D eigenvalue weighted by molar-refractivity contribution is 5.75. The molecule has 0 spiro atoms. The van der Waals surface area contributed by atoms with Crippen LogP contribution in [0.1, 0.15) is 26.2 Å². The van der Waals surface area contributed by atoms with Gasteiger partial charge in [0, 0.05) is 25.6 Å². The number of nitrogens with zero attached hydrogens (tertiary/aromatic N) is 1. The van der Waals surface area contributed by atoms with Gasteiger partial charge in [-0.25, -0.2) is 5.01 Å². The zero-order chi connectivity index (χ0) is 8.97. The molecular formula is C8H17N3O. The van der Waals surface area contributed by atoms with Gasteiger partial charge in [-0.15, -0.1) is 0 Å². The Bertz CT molecular complexity index is 152. The van der Waals surface area contributed by atoms with Gasteiger partial charge in [-0.1, -0.05) is 6.92 Å². The summed E-state index contributed by atoms with van der Waals surface area (Å²) in [5, 5.41) is 4.77. The average molecular weight is 171 g/mol. The van der Waals surface area contributed by atoms with E-state index in [0.29, 0.717) is 12.5 Å². The lowest BCUT2D eigenvalue weighted by Gasteiger charge is -2.28. The first-order chi connectivity index (χ1) is 5.72. The molecule has 0 radical (unpaired) electrons. The Labute approximate surface area is 73.1 Å². The molecule has 0 aromatic carbocycles. The molecule has 0 atom stereocenters. The van der Waals surface area contributed by atoms with Crippen LogP contribution in [-0.4, -0.2) is 30.0 Å². The molecule has 1 rings (SSSR count). The van der Waals surface area contributed by atoms with Gasteiger partial charge in [-0.2, -0.15) is 0 Å². The van der Waals surface area contributed by atoms with Gasteiger partial charge in [0.15, 0.2) is 0 Å². The smallest absolute Gasteiger partial charge is 0.219 e. The minimum atomic E-state index is 0.144. The molecule has 0 aromatic rings. The number of amides is 1. The number of hydrogen-bond acceptors (Lipinski definition) is 3. The third-order valence-corrected chi connectivity index (χ3v) is 2.22. The highest BCUT2D eigenvalue weighted by Crippen LogP contribution is 2.06. The van der Waals surface area contributed by atoms with Gasteiger partial charge < -0.3 is 5.32 Å². The van der Waals surface area contributed by atoms with E-state index in [1.54, 1.807) is 5.01 Å². The Morgan fingerprint density at radius 3 is 2.67 bits per heavy atom. The molecule has 0 aromatic heterocycles. The van der Waals surface area contributed by atoms with Crippen molar-refractivity contribution >= 4 is 5.91 Å². The van der Waals surface area contributed by atoms with Crippen molar-refractivity contribution in [3.05, 3.63) is 0 Å². The topological polar surface area (TPSA) is 58.4 Å². The molecule has 0 bridgehead atoms. The summed E-state index contributed by atoms with van der Waals surface area (Å²) in [6, 6.07) is 0.345. The summed E-state index contributed by atoms with van der Waals surface area (Å²) < 4.78 is 0. The van der Waals surface area contributed by atoms with Crippen molar-refractivity contribution in [2.24, 2.45) is 5.84 Å². The summed E-state index contributed by atoms with van der Waals surface area (Å²) in [4.78, 5) is 11.0. The number of nitrogens with one attached hydrogen (secondary N) is 1. The fourth-order valence-electron chi connectivity index (χ4n) is 1.37. The number of rotatable bonds is 2. The Morgan fingerprint density at radius 1 is 1.58 bits per heavy atom. The second kappa shape index (κ2) is 4.42. The molecule has 0 unspecified atom stereocenters. The molecule has 1 heterocycles. The summed E-state index contributed by atoms with van der Waals surface area (Å²) in [6.45, 7) is 3.64. The average Bonchev–Trinajstić information content (AvgIpc) is 2.09. The van der Waals surface area contributed by atoms with Crippen molar-refractivity contribution < 1.29 is 4.79 Å². The predicted molar refractivity (Wildman–Crippen MR) is 47.2 cm³/mol. The van der Waals surface area contributed by atoms with Gasteiger partial charge in [-0.3, -0.25) is 10.6 Å². The van der Waals surface area contributed by atoms with Gasteiger partial charge in [-0.05, 0) is 12.8 Å². The van der Waals surface area contributed by atoms with Gasteiger partial charge in [0.2, 0.25) is 5.91 Å². The molecule has 70 valence electrons. The number of hydrogen-bond donors (Lipinski definition) is 2. The van der Waals surface area contributed by atoms with Crippen LogP contribution in [0.25, 0.3) is 0 Å². The Morgan fingerprint density at radius 2 is 2.17 bits per heavy atom. The minimum Gasteiger partial charge on any atom is -0.353 e. The maximum atomic E-state index is 11.0. The zero-order valence-corrected chi connectivity index (χ0v) is 7.55. The van der Waals surface area contributed by atoms with E-state index in [0.717, 1.165) is 25.9 Å². The largest absolute Gasteiger partial charge is 0.353 e. The van der Waals surface area contributed by atoms with Gasteiger partial charge >= 0.3 is 0 Å². The van der Waals surface area contributed by atoms with Crippen LogP contribution in [0, 0.1) is 0 Å². The van der Waals surface area contributed by atoms with Crippen LogP contribution in [0.2, 0.25) is 0 Å². The molecule has 0 aliphatic carbocycles. The Hall–Kier alpha value is -0.610. The van der Waals surface area contributed by atoms with E-state index in [1.807, 2.05) is 6.92 Å². The lowest BCUT2D eigenvalue weighted by atomic mass is 10.1. The first-order valence-electron chi connectivity index (χ1n) is 4.51. The number of carbonyl (C=O) groups excluding carboxylic acids is 1. The molecule has 1 aliphatic rings. The van der Waals surface area contributed by atoms with E-state index < -0.39 is 0 Å². The van der Waals surface area contributed by atoms with Gasteiger partial charge in [0.1, 0.15) is 0 Å². The summed E-state index contributed by atoms with van der Waals surface area (Å²) in [5.41, 5.74) is 0. The zero-order valence-electron chi connectivity index (χ0n) is 7.55. The van der Waals surface area contributed by atoms with Crippen LogP contribution < -0.4 is 11.2 Å². The van der Waals surface area contributed by atoms with E-state index in [2.05, 4.69) is 5.32 Å². The first kappa shape index (κ1) is 9.48. The fourth-order valence-corrected chi connectivity index (χ4v) is 1.37. The van der Waals surface area contributed by atoms with Crippen molar-refractivity contribution in [1.29, 1.82) is 0 Å². The molecule has 1 aliphatic heterocycles. The quantitative estimate of drug-likeness (QED) is 0.568. The van der Waals surface area contributed by atoms with Crippen LogP contribution in [-0.2, 0) is 4.79 Å². The van der Waals surface area contributed by atoms with Crippen molar-refractivity contribution in [1.82, 2.24) is 10.3 Å². The van der Waals surface area contributed by atoms with Crippen molar-refractivity contribution in [3.63, 3.8) is 0 Å². The highest BCUT2D eigenvalue weighted by Gasteiger charge is 2.17. The van der Waals surface area contributed by atoms with Crippen LogP contribution >= 0.6 is 0 Å². The maximum Gasteiger partial charge on any atom is 0.219 e. The highest BCUT2D eigenvalue weighted by atomic mass is 16.1. The molecule has 12 heavy (non-hydrogen) atoms. The number of hydrazine groups is 1. The van der Waals surface area contributed by atoms with Crippen molar-refractivity contribution in [3.8, 4) is 0 Å². The minimum absolute atomic E-state index is 0.144. The summed E-state index contributed by atoms with van der Waals surface area (Å²) in [5.74, 6) is 5.72. The van der Waals surface area contributed by atoms with Gasteiger partial charge in [0.05, 0.1) is 0 Å². The van der Waals surface area contributed by atoms with E-state index in [9.17, 15) is 4.79 Å². The molecule has 4 heteroatoms. The second-order valence-electron chi connectivity index (χ2n) is 3.23. The monoisotopic (exact) mass is 171 g/mol. The molecule has 4 nitrogen and oxygen atoms in total. The van der Waals surface area contributed by atoms with E-state index in [4.69, 9.17) is 5.84 Å². The van der Waals surface area contributed by atoms with Crippen molar-refractivity contribution in [2.75, 3.05) is 13.1 Å². The predicted octanol–water partition coefficient (Wildman–Crippen LogP) is -0.149. The molecule has 1 amide bonds. The molecular weight excluding hydrogens is 154 g/mol. The van der Waals surface area contributed by atoms with Crippen molar-refractivity contribution in [2.45, 2.75) is 32.2 Å². The van der Waals surface area contributed by atoms with Crippen LogP contribution in [0.15, 0.2) is 0 Å². The number of nitrogens with two attached hydrogens (primary N) is 1. The standard InChI is InChI=1S/C8H17N3O/c1-2-8(12)10-7-3-5-11(9)6-4-7/h7H,2-6,9H2,1H3,(H,10,12). The molecule has 1 fully saturated rings. The maximum absolute atomic E-state index is 11.0. The number of carbonyl (C=O) groups is 1. The lowest BCUT2D eigenvalue weighted by Crippen LogP contribution is -2.46. The molecule has 3 N–H and O–H groups in total. The SMILES string of the molecule is CCC(=O)NC1CCN(N)CC1. The Kier molecular flexibility index (Phi) is 3.49. The number of piperidine rings is 1. The van der Waals surface area contributed by atoms with Crippen LogP contribution in [0.5, 0.6) is 0 Å². The van der Waals surface area contributed by atoms with Gasteiger partial charge in [0.25, 0.3) is 0 Å². The van der Waals surface area contributed by atoms with E-state index in [-0.39, 0.29) is 5.91 Å².